The van der Waals surface area contributed by atoms with E-state index >= 15 is 0 Å². The Morgan fingerprint density at radius 2 is 1.52 bits per heavy atom. The first kappa shape index (κ1) is 29.2. The summed E-state index contributed by atoms with van der Waals surface area (Å²) in [7, 11) is 0. The van der Waals surface area contributed by atoms with Crippen LogP contribution in [0.5, 0.6) is 0 Å². The van der Waals surface area contributed by atoms with E-state index in [1.807, 2.05) is 12.1 Å². The monoisotopic (exact) mass is 595 g/mol. The van der Waals surface area contributed by atoms with Crippen molar-refractivity contribution in [3.63, 3.8) is 0 Å². The Morgan fingerprint density at radius 1 is 0.783 bits per heavy atom. The van der Waals surface area contributed by atoms with Gasteiger partial charge in [-0.2, -0.15) is 0 Å². The summed E-state index contributed by atoms with van der Waals surface area (Å²) >= 11 is 0. The molecule has 0 aliphatic heterocycles. The van der Waals surface area contributed by atoms with Gasteiger partial charge in [0.15, 0.2) is 0 Å². The first-order chi connectivity index (χ1) is 22.6. The summed E-state index contributed by atoms with van der Waals surface area (Å²) in [5.41, 5.74) is 13.7. The lowest BCUT2D eigenvalue weighted by atomic mass is 9.88. The first-order valence-corrected chi connectivity index (χ1v) is 15.9. The summed E-state index contributed by atoms with van der Waals surface area (Å²) in [5.74, 6) is 0.350. The molecule has 1 aliphatic rings. The molecule has 1 heterocycles. The van der Waals surface area contributed by atoms with Gasteiger partial charge in [0.1, 0.15) is 0 Å². The summed E-state index contributed by atoms with van der Waals surface area (Å²) in [4.78, 5) is 12.0. The van der Waals surface area contributed by atoms with Crippen LogP contribution in [0, 0.1) is 19.8 Å². The fraction of sp³-hybridized carbons (Fsp3) is 0.116. The first-order valence-electron chi connectivity index (χ1n) is 15.9. The number of allylic oxidation sites excluding steroid dienone is 3. The molecule has 3 nitrogen and oxygen atoms in total. The minimum Gasteiger partial charge on any atom is -0.339 e. The quantitative estimate of drug-likeness (QED) is 0.164. The Hall–Kier alpha value is -5.54. The average molecular weight is 596 g/mol. The third-order valence-electron chi connectivity index (χ3n) is 9.05. The van der Waals surface area contributed by atoms with E-state index in [-0.39, 0.29) is 0 Å². The number of hydrogen-bond donors (Lipinski definition) is 0. The molecule has 5 aromatic carbocycles. The third kappa shape index (κ3) is 5.68. The van der Waals surface area contributed by atoms with Crippen LogP contribution in [-0.4, -0.2) is 18.2 Å². The van der Waals surface area contributed by atoms with Crippen LogP contribution >= 0.6 is 0 Å². The van der Waals surface area contributed by atoms with Crippen molar-refractivity contribution >= 4 is 40.3 Å². The largest absolute Gasteiger partial charge is 0.339 e. The smallest absolute Gasteiger partial charge is 0.0859 e. The van der Waals surface area contributed by atoms with Crippen LogP contribution in [-0.2, 0) is 0 Å². The molecule has 1 atom stereocenters. The summed E-state index contributed by atoms with van der Waals surface area (Å²) in [6.45, 7) is 9.09. The molecular formula is C43H37N3. The number of aromatic nitrogens is 1. The Morgan fingerprint density at radius 3 is 2.33 bits per heavy atom. The van der Waals surface area contributed by atoms with E-state index in [1.165, 1.54) is 38.8 Å². The van der Waals surface area contributed by atoms with Gasteiger partial charge in [-0.3, -0.25) is 4.99 Å². The SMILES string of the molecule is C=Nc1ccccc1N(CC1C=CC(c2cccc(-c3nc4ccccc4c(C)c3-c3ccccc3C)c2)=CC1)c1ccccc1. The van der Waals surface area contributed by atoms with Crippen LogP contribution in [0.4, 0.5) is 17.1 Å². The lowest BCUT2D eigenvalue weighted by molar-refractivity contribution is 0.658. The third-order valence-corrected chi connectivity index (χ3v) is 9.05. The van der Waals surface area contributed by atoms with E-state index in [4.69, 9.17) is 4.98 Å². The van der Waals surface area contributed by atoms with Crippen molar-refractivity contribution in [2.75, 3.05) is 11.4 Å². The van der Waals surface area contributed by atoms with Crippen LogP contribution < -0.4 is 4.90 Å². The predicted molar refractivity (Wildman–Crippen MR) is 196 cm³/mol. The van der Waals surface area contributed by atoms with Crippen molar-refractivity contribution in [1.29, 1.82) is 0 Å². The van der Waals surface area contributed by atoms with Gasteiger partial charge in [-0.15, -0.1) is 0 Å². The Labute approximate surface area is 271 Å². The number of anilines is 2. The van der Waals surface area contributed by atoms with Crippen molar-refractivity contribution in [1.82, 2.24) is 4.98 Å². The minimum absolute atomic E-state index is 0.350. The van der Waals surface area contributed by atoms with E-state index in [2.05, 4.69) is 164 Å². The Balaban J connectivity index is 1.21. The molecule has 1 aliphatic carbocycles. The topological polar surface area (TPSA) is 28.5 Å². The van der Waals surface area contributed by atoms with Crippen LogP contribution in [0.2, 0.25) is 0 Å². The number of para-hydroxylation sites is 4. The highest BCUT2D eigenvalue weighted by Crippen LogP contribution is 2.40. The second-order valence-corrected chi connectivity index (χ2v) is 12.0. The lowest BCUT2D eigenvalue weighted by Crippen LogP contribution is -2.24. The van der Waals surface area contributed by atoms with E-state index < -0.39 is 0 Å². The number of nitrogens with zero attached hydrogens (tertiary/aromatic N) is 3. The highest BCUT2D eigenvalue weighted by Gasteiger charge is 2.20. The molecule has 224 valence electrons. The number of hydrogen-bond acceptors (Lipinski definition) is 3. The highest BCUT2D eigenvalue weighted by molar-refractivity contribution is 5.96. The van der Waals surface area contributed by atoms with Crippen LogP contribution in [0.1, 0.15) is 23.1 Å². The fourth-order valence-electron chi connectivity index (χ4n) is 6.64. The Bertz CT molecular complexity index is 2100. The molecule has 0 bridgehead atoms. The molecular weight excluding hydrogens is 558 g/mol. The summed E-state index contributed by atoms with van der Waals surface area (Å²) < 4.78 is 0. The van der Waals surface area contributed by atoms with Gasteiger partial charge < -0.3 is 4.90 Å². The molecule has 6 aromatic rings. The van der Waals surface area contributed by atoms with Gasteiger partial charge in [-0.1, -0.05) is 109 Å². The van der Waals surface area contributed by atoms with Gasteiger partial charge in [0.2, 0.25) is 0 Å². The van der Waals surface area contributed by atoms with Gasteiger partial charge in [0, 0.05) is 28.7 Å². The molecule has 3 heteroatoms. The molecule has 0 N–H and O–H groups in total. The normalized spacial score (nSPS) is 14.2. The summed E-state index contributed by atoms with van der Waals surface area (Å²) in [5, 5.41) is 1.20. The second kappa shape index (κ2) is 12.8. The predicted octanol–water partition coefficient (Wildman–Crippen LogP) is 11.3. The van der Waals surface area contributed by atoms with Crippen LogP contribution in [0.15, 0.2) is 151 Å². The van der Waals surface area contributed by atoms with Gasteiger partial charge in [0.25, 0.3) is 0 Å². The van der Waals surface area contributed by atoms with Crippen molar-refractivity contribution < 1.29 is 0 Å². The number of aryl methyl sites for hydroxylation is 2. The zero-order valence-electron chi connectivity index (χ0n) is 26.4. The molecule has 0 amide bonds. The minimum atomic E-state index is 0.350. The summed E-state index contributed by atoms with van der Waals surface area (Å²) in [6, 6.07) is 44.8. The van der Waals surface area contributed by atoms with Crippen molar-refractivity contribution in [3.05, 3.63) is 162 Å². The average Bonchev–Trinajstić information content (AvgIpc) is 3.12. The van der Waals surface area contributed by atoms with E-state index in [9.17, 15) is 0 Å². The van der Waals surface area contributed by atoms with Gasteiger partial charge in [-0.05, 0) is 97.1 Å². The van der Waals surface area contributed by atoms with Crippen LogP contribution in [0.25, 0.3) is 38.9 Å². The zero-order valence-corrected chi connectivity index (χ0v) is 26.4. The number of pyridine rings is 1. The number of rotatable bonds is 8. The lowest BCUT2D eigenvalue weighted by Gasteiger charge is -2.30. The summed E-state index contributed by atoms with van der Waals surface area (Å²) in [6.07, 6.45) is 7.98. The fourth-order valence-corrected chi connectivity index (χ4v) is 6.64. The molecule has 0 saturated carbocycles. The van der Waals surface area contributed by atoms with Gasteiger partial charge >= 0.3 is 0 Å². The molecule has 0 spiro atoms. The number of aliphatic imine (C=N–C) groups is 1. The molecule has 0 radical (unpaired) electrons. The molecule has 46 heavy (non-hydrogen) atoms. The number of benzene rings is 5. The second-order valence-electron chi connectivity index (χ2n) is 12.0. The Kier molecular flexibility index (Phi) is 8.14. The van der Waals surface area contributed by atoms with Gasteiger partial charge in [-0.25, -0.2) is 4.98 Å². The van der Waals surface area contributed by atoms with Crippen molar-refractivity contribution in [2.24, 2.45) is 10.9 Å². The molecule has 7 rings (SSSR count). The zero-order chi connectivity index (χ0) is 31.5. The maximum atomic E-state index is 5.27. The highest BCUT2D eigenvalue weighted by atomic mass is 15.1. The van der Waals surface area contributed by atoms with Crippen LogP contribution in [0.3, 0.4) is 0 Å². The maximum Gasteiger partial charge on any atom is 0.0859 e. The molecule has 1 unspecified atom stereocenters. The van der Waals surface area contributed by atoms with E-state index in [1.54, 1.807) is 0 Å². The van der Waals surface area contributed by atoms with E-state index in [0.717, 1.165) is 46.8 Å². The molecule has 0 saturated heterocycles. The van der Waals surface area contributed by atoms with Crippen molar-refractivity contribution in [3.8, 4) is 22.4 Å². The van der Waals surface area contributed by atoms with Crippen molar-refractivity contribution in [2.45, 2.75) is 20.3 Å². The van der Waals surface area contributed by atoms with Gasteiger partial charge in [0.05, 0.1) is 22.6 Å². The molecule has 0 fully saturated rings. The van der Waals surface area contributed by atoms with E-state index in [0.29, 0.717) is 5.92 Å². The maximum absolute atomic E-state index is 5.27. The molecule has 1 aromatic heterocycles. The standard InChI is InChI=1S/C43H37N3/c1-30-14-7-8-19-37(30)42-31(2)38-20-9-10-21-39(38)45-43(42)35-16-13-15-34(28-35)33-26-24-32(25-27-33)29-46(36-17-5-4-6-18-36)41-23-12-11-22-40(41)44-3/h4-24,26-28,32H,3,25,29H2,1-2H3. The number of fused-ring (bicyclic) bond motifs is 1.